The molecular formula is C14H23N3O. The third-order valence-corrected chi connectivity index (χ3v) is 3.73. The van der Waals surface area contributed by atoms with Crippen molar-refractivity contribution in [3.63, 3.8) is 0 Å². The highest BCUT2D eigenvalue weighted by Gasteiger charge is 2.24. The summed E-state index contributed by atoms with van der Waals surface area (Å²) < 4.78 is 2.04. The van der Waals surface area contributed by atoms with Gasteiger partial charge in [0.15, 0.2) is 0 Å². The highest BCUT2D eigenvalue weighted by Crippen LogP contribution is 2.17. The minimum Gasteiger partial charge on any atom is -0.341 e. The van der Waals surface area contributed by atoms with Crippen LogP contribution in [-0.4, -0.2) is 41.6 Å². The van der Waals surface area contributed by atoms with Crippen molar-refractivity contribution in [2.24, 2.45) is 0 Å². The summed E-state index contributed by atoms with van der Waals surface area (Å²) in [6, 6.07) is 4.55. The largest absolute Gasteiger partial charge is 0.341 e. The Kier molecular flexibility index (Phi) is 4.07. The molecule has 0 unspecified atom stereocenters. The van der Waals surface area contributed by atoms with Crippen molar-refractivity contribution in [3.05, 3.63) is 24.0 Å². The maximum atomic E-state index is 12.5. The molecule has 1 aromatic heterocycles. The molecular weight excluding hydrogens is 226 g/mol. The molecule has 18 heavy (non-hydrogen) atoms. The number of carbonyl (C=O) groups is 1. The van der Waals surface area contributed by atoms with E-state index in [1.165, 1.54) is 0 Å². The van der Waals surface area contributed by atoms with Gasteiger partial charge in [-0.15, -0.1) is 0 Å². The van der Waals surface area contributed by atoms with Crippen molar-refractivity contribution in [1.29, 1.82) is 0 Å². The first-order chi connectivity index (χ1) is 8.61. The van der Waals surface area contributed by atoms with Crippen LogP contribution in [0.25, 0.3) is 0 Å². The third-order valence-electron chi connectivity index (χ3n) is 3.73. The highest BCUT2D eigenvalue weighted by molar-refractivity contribution is 5.92. The number of piperidine rings is 1. The van der Waals surface area contributed by atoms with Gasteiger partial charge < -0.3 is 14.8 Å². The van der Waals surface area contributed by atoms with Crippen molar-refractivity contribution in [2.75, 3.05) is 20.1 Å². The average molecular weight is 249 g/mol. The number of nitrogens with one attached hydrogen (secondary N) is 1. The molecule has 4 nitrogen and oxygen atoms in total. The van der Waals surface area contributed by atoms with E-state index in [9.17, 15) is 4.79 Å². The smallest absolute Gasteiger partial charge is 0.270 e. The molecule has 0 aliphatic carbocycles. The molecule has 0 saturated carbocycles. The quantitative estimate of drug-likeness (QED) is 0.888. The number of amides is 1. The second kappa shape index (κ2) is 5.57. The van der Waals surface area contributed by atoms with Crippen molar-refractivity contribution in [1.82, 2.24) is 14.8 Å². The number of hydrogen-bond donors (Lipinski definition) is 1. The van der Waals surface area contributed by atoms with Crippen LogP contribution in [0.1, 0.15) is 43.2 Å². The molecule has 1 aliphatic heterocycles. The van der Waals surface area contributed by atoms with Gasteiger partial charge in [-0.05, 0) is 51.9 Å². The molecule has 0 spiro atoms. The Bertz CT molecular complexity index is 405. The second-order valence-corrected chi connectivity index (χ2v) is 5.29. The summed E-state index contributed by atoms with van der Waals surface area (Å²) in [4.78, 5) is 14.4. The lowest BCUT2D eigenvalue weighted by atomic mass is 10.1. The van der Waals surface area contributed by atoms with E-state index in [-0.39, 0.29) is 5.91 Å². The van der Waals surface area contributed by atoms with Gasteiger partial charge in [-0.1, -0.05) is 0 Å². The molecule has 2 heterocycles. The molecule has 0 aromatic carbocycles. The number of aromatic nitrogens is 1. The topological polar surface area (TPSA) is 37.3 Å². The van der Waals surface area contributed by atoms with Crippen LogP contribution >= 0.6 is 0 Å². The van der Waals surface area contributed by atoms with E-state index in [4.69, 9.17) is 0 Å². The van der Waals surface area contributed by atoms with Crippen LogP contribution < -0.4 is 5.32 Å². The Balaban J connectivity index is 2.12. The average Bonchev–Trinajstić information content (AvgIpc) is 2.87. The Labute approximate surface area is 109 Å². The van der Waals surface area contributed by atoms with Gasteiger partial charge in [0.25, 0.3) is 5.91 Å². The molecule has 1 fully saturated rings. The Morgan fingerprint density at radius 1 is 1.44 bits per heavy atom. The summed E-state index contributed by atoms with van der Waals surface area (Å²) in [6.07, 6.45) is 4.07. The zero-order valence-corrected chi connectivity index (χ0v) is 11.5. The number of carbonyl (C=O) groups excluding carboxylic acids is 1. The first-order valence-electron chi connectivity index (χ1n) is 6.76. The maximum Gasteiger partial charge on any atom is 0.270 e. The number of hydrogen-bond acceptors (Lipinski definition) is 2. The molecule has 1 aliphatic rings. The van der Waals surface area contributed by atoms with Gasteiger partial charge in [-0.3, -0.25) is 4.79 Å². The van der Waals surface area contributed by atoms with E-state index < -0.39 is 0 Å². The second-order valence-electron chi connectivity index (χ2n) is 5.29. The Morgan fingerprint density at radius 3 is 2.72 bits per heavy atom. The first-order valence-corrected chi connectivity index (χ1v) is 6.76. The molecule has 4 heteroatoms. The normalized spacial score (nSPS) is 17.1. The minimum absolute atomic E-state index is 0.139. The number of nitrogens with zero attached hydrogens (tertiary/aromatic N) is 2. The van der Waals surface area contributed by atoms with E-state index >= 15 is 0 Å². The fourth-order valence-corrected chi connectivity index (χ4v) is 2.57. The van der Waals surface area contributed by atoms with Crippen LogP contribution in [0.4, 0.5) is 0 Å². The Morgan fingerprint density at radius 2 is 2.11 bits per heavy atom. The van der Waals surface area contributed by atoms with Gasteiger partial charge >= 0.3 is 0 Å². The van der Waals surface area contributed by atoms with E-state index in [1.807, 2.05) is 34.8 Å². The van der Waals surface area contributed by atoms with Gasteiger partial charge in [-0.25, -0.2) is 0 Å². The van der Waals surface area contributed by atoms with Gasteiger partial charge in [0.1, 0.15) is 5.69 Å². The van der Waals surface area contributed by atoms with Crippen LogP contribution in [0, 0.1) is 0 Å². The van der Waals surface area contributed by atoms with Crippen LogP contribution in [-0.2, 0) is 0 Å². The summed E-state index contributed by atoms with van der Waals surface area (Å²) >= 11 is 0. The van der Waals surface area contributed by atoms with Crippen molar-refractivity contribution < 1.29 is 4.79 Å². The summed E-state index contributed by atoms with van der Waals surface area (Å²) in [7, 11) is 1.93. The van der Waals surface area contributed by atoms with Crippen molar-refractivity contribution >= 4 is 5.91 Å². The summed E-state index contributed by atoms with van der Waals surface area (Å²) in [5.74, 6) is 0.139. The zero-order valence-electron chi connectivity index (χ0n) is 11.5. The van der Waals surface area contributed by atoms with Gasteiger partial charge in [0.05, 0.1) is 0 Å². The van der Waals surface area contributed by atoms with Crippen LogP contribution in [0.3, 0.4) is 0 Å². The molecule has 1 aromatic rings. The summed E-state index contributed by atoms with van der Waals surface area (Å²) in [6.45, 7) is 6.21. The molecule has 0 radical (unpaired) electrons. The molecule has 0 atom stereocenters. The van der Waals surface area contributed by atoms with Crippen molar-refractivity contribution in [3.8, 4) is 0 Å². The van der Waals surface area contributed by atoms with Crippen LogP contribution in [0.2, 0.25) is 0 Å². The van der Waals surface area contributed by atoms with Crippen molar-refractivity contribution in [2.45, 2.75) is 38.8 Å². The molecule has 1 saturated heterocycles. The lowest BCUT2D eigenvalue weighted by Gasteiger charge is -2.32. The monoisotopic (exact) mass is 249 g/mol. The van der Waals surface area contributed by atoms with Crippen LogP contribution in [0.5, 0.6) is 0 Å². The summed E-state index contributed by atoms with van der Waals surface area (Å²) in [5, 5.41) is 3.33. The predicted molar refractivity (Wildman–Crippen MR) is 72.8 cm³/mol. The third kappa shape index (κ3) is 2.58. The van der Waals surface area contributed by atoms with E-state index in [0.717, 1.165) is 31.6 Å². The lowest BCUT2D eigenvalue weighted by Crippen LogP contribution is -2.44. The molecule has 100 valence electrons. The molecule has 2 rings (SSSR count). The first kappa shape index (κ1) is 13.1. The summed E-state index contributed by atoms with van der Waals surface area (Å²) in [5.41, 5.74) is 0.797. The van der Waals surface area contributed by atoms with Gasteiger partial charge in [0.2, 0.25) is 0 Å². The fourth-order valence-electron chi connectivity index (χ4n) is 2.57. The van der Waals surface area contributed by atoms with E-state index in [0.29, 0.717) is 12.1 Å². The minimum atomic E-state index is 0.139. The zero-order chi connectivity index (χ0) is 13.1. The maximum absolute atomic E-state index is 12.5. The predicted octanol–water partition coefficient (Wildman–Crippen LogP) is 1.89. The van der Waals surface area contributed by atoms with Gasteiger partial charge in [-0.2, -0.15) is 0 Å². The molecule has 1 amide bonds. The fraction of sp³-hybridized carbons (Fsp3) is 0.643. The van der Waals surface area contributed by atoms with E-state index in [2.05, 4.69) is 19.2 Å². The van der Waals surface area contributed by atoms with Gasteiger partial charge in [0, 0.05) is 25.3 Å². The highest BCUT2D eigenvalue weighted by atomic mass is 16.2. The lowest BCUT2D eigenvalue weighted by molar-refractivity contribution is 0.0690. The SMILES string of the molecule is CC(C)n1cccc1C(=O)N(C)C1CCNCC1. The van der Waals surface area contributed by atoms with Crippen LogP contribution in [0.15, 0.2) is 18.3 Å². The molecule has 1 N–H and O–H groups in total. The standard InChI is InChI=1S/C14H23N3O/c1-11(2)17-10-4-5-13(17)14(18)16(3)12-6-8-15-9-7-12/h4-5,10-12,15H,6-9H2,1-3H3. The molecule has 0 bridgehead atoms. The van der Waals surface area contributed by atoms with E-state index in [1.54, 1.807) is 0 Å². The number of rotatable bonds is 3. The Hall–Kier alpha value is -1.29.